The predicted molar refractivity (Wildman–Crippen MR) is 109 cm³/mol. The zero-order valence-corrected chi connectivity index (χ0v) is 17.0. The lowest BCUT2D eigenvalue weighted by Gasteiger charge is -2.40. The van der Waals surface area contributed by atoms with Crippen molar-refractivity contribution in [1.82, 2.24) is 0 Å². The number of rotatable bonds is 4. The van der Waals surface area contributed by atoms with E-state index in [0.29, 0.717) is 0 Å². The smallest absolute Gasteiger partial charge is 0.119 e. The third-order valence-corrected chi connectivity index (χ3v) is 34.4. The molecule has 0 radical (unpaired) electrons. The highest BCUT2D eigenvalue weighted by atomic mass is 33.7. The molecule has 1 aliphatic heterocycles. The van der Waals surface area contributed by atoms with Crippen LogP contribution in [-0.2, 0) is 23.6 Å². The highest BCUT2D eigenvalue weighted by Gasteiger charge is 2.45. The molecule has 1 fully saturated rings. The van der Waals surface area contributed by atoms with Gasteiger partial charge in [0.15, 0.2) is 0 Å². The van der Waals surface area contributed by atoms with Crippen LogP contribution in [0.1, 0.15) is 0 Å². The molecule has 3 rings (SSSR count). The Labute approximate surface area is 148 Å². The van der Waals surface area contributed by atoms with Crippen molar-refractivity contribution in [2.45, 2.75) is 0 Å². The molecule has 2 nitrogen and oxygen atoms in total. The summed E-state index contributed by atoms with van der Waals surface area (Å²) in [5.74, 6) is 1.71. The van der Waals surface area contributed by atoms with Gasteiger partial charge in [0.2, 0.25) is 0 Å². The van der Waals surface area contributed by atoms with Crippen LogP contribution in [0.15, 0.2) is 48.5 Å². The maximum Gasteiger partial charge on any atom is 0.119 e. The lowest BCUT2D eigenvalue weighted by atomic mass is 10.3. The van der Waals surface area contributed by atoms with Crippen LogP contribution in [0.3, 0.4) is 0 Å². The van der Waals surface area contributed by atoms with E-state index in [-0.39, 0.29) is 0 Å². The van der Waals surface area contributed by atoms with Crippen molar-refractivity contribution in [2.75, 3.05) is 14.2 Å². The number of hydrogen-bond donors (Lipinski definition) is 0. The first kappa shape index (κ1) is 16.9. The van der Waals surface area contributed by atoms with Gasteiger partial charge < -0.3 is 9.47 Å². The van der Waals surface area contributed by atoms with E-state index in [2.05, 4.69) is 18.2 Å². The predicted octanol–water partition coefficient (Wildman–Crippen LogP) is 4.75. The molecule has 22 heavy (non-hydrogen) atoms. The van der Waals surface area contributed by atoms with Crippen LogP contribution >= 0.6 is 30.9 Å². The molecule has 0 N–H and O–H groups in total. The van der Waals surface area contributed by atoms with E-state index >= 15 is 0 Å². The third-order valence-electron chi connectivity index (χ3n) is 3.19. The molecule has 0 saturated carbocycles. The Morgan fingerprint density at radius 2 is 1.36 bits per heavy atom. The van der Waals surface area contributed by atoms with Gasteiger partial charge in [-0.2, -0.15) is 0 Å². The fraction of sp³-hybridized carbons (Fsp3) is 0.143. The first-order valence-electron chi connectivity index (χ1n) is 6.41. The van der Waals surface area contributed by atoms with Gasteiger partial charge in [-0.05, 0) is 36.4 Å². The molecule has 1 aliphatic rings. The SMILES string of the molecule is COc1ccc(P2(=S)SP(=S)(c3cccc(OC)c3)S2)cc1. The zero-order chi connectivity index (χ0) is 15.8. The molecule has 2 aromatic rings. The van der Waals surface area contributed by atoms with E-state index in [9.17, 15) is 0 Å². The van der Waals surface area contributed by atoms with Crippen molar-refractivity contribution in [3.05, 3.63) is 48.5 Å². The standard InChI is InChI=1S/C14H14O2P2S4/c1-15-11-6-8-13(9-7-11)17(19)21-18(20,22-17)14-5-3-4-12(10-14)16-2/h3-10H,1-2H3. The largest absolute Gasteiger partial charge is 0.497 e. The monoisotopic (exact) mass is 404 g/mol. The van der Waals surface area contributed by atoms with Crippen LogP contribution in [0.5, 0.6) is 11.5 Å². The second-order valence-corrected chi connectivity index (χ2v) is 25.8. The number of benzene rings is 2. The summed E-state index contributed by atoms with van der Waals surface area (Å²) in [6, 6.07) is 16.2. The van der Waals surface area contributed by atoms with E-state index < -0.39 is 8.88 Å². The third kappa shape index (κ3) is 3.15. The Kier molecular flexibility index (Phi) is 4.99. The van der Waals surface area contributed by atoms with E-state index in [1.54, 1.807) is 14.2 Å². The minimum atomic E-state index is -1.69. The van der Waals surface area contributed by atoms with Crippen LogP contribution in [0.4, 0.5) is 0 Å². The molecule has 0 spiro atoms. The molecule has 0 unspecified atom stereocenters. The summed E-state index contributed by atoms with van der Waals surface area (Å²) in [7, 11) is 3.35. The van der Waals surface area contributed by atoms with Crippen molar-refractivity contribution >= 4 is 65.1 Å². The summed E-state index contributed by atoms with van der Waals surface area (Å²) in [4.78, 5) is 0. The topological polar surface area (TPSA) is 18.5 Å². The van der Waals surface area contributed by atoms with E-state index in [1.807, 2.05) is 52.3 Å². The Balaban J connectivity index is 1.84. The quantitative estimate of drug-likeness (QED) is 0.680. The fourth-order valence-corrected chi connectivity index (χ4v) is 44.3. The average molecular weight is 404 g/mol. The van der Waals surface area contributed by atoms with E-state index in [1.165, 1.54) is 10.6 Å². The highest BCUT2D eigenvalue weighted by molar-refractivity contribution is 9.48. The molecule has 0 bridgehead atoms. The lowest BCUT2D eigenvalue weighted by molar-refractivity contribution is 0.415. The van der Waals surface area contributed by atoms with Gasteiger partial charge in [-0.3, -0.25) is 0 Å². The summed E-state index contributed by atoms with van der Waals surface area (Å²) < 4.78 is 7.15. The summed E-state index contributed by atoms with van der Waals surface area (Å²) in [6.45, 7) is 0. The molecule has 1 heterocycles. The van der Waals surface area contributed by atoms with Crippen LogP contribution in [-0.4, -0.2) is 14.2 Å². The van der Waals surface area contributed by atoms with Crippen molar-refractivity contribution < 1.29 is 9.47 Å². The first-order chi connectivity index (χ1) is 10.5. The zero-order valence-electron chi connectivity index (χ0n) is 12.0. The minimum Gasteiger partial charge on any atom is -0.497 e. The van der Waals surface area contributed by atoms with Crippen LogP contribution in [0, 0.1) is 0 Å². The summed E-state index contributed by atoms with van der Waals surface area (Å²) in [5, 5.41) is 2.40. The van der Waals surface area contributed by atoms with Crippen molar-refractivity contribution in [2.24, 2.45) is 0 Å². The molecular weight excluding hydrogens is 390 g/mol. The van der Waals surface area contributed by atoms with Gasteiger partial charge in [0.25, 0.3) is 0 Å². The van der Waals surface area contributed by atoms with Gasteiger partial charge in [-0.1, -0.05) is 57.7 Å². The average Bonchev–Trinajstić information content (AvgIpc) is 2.53. The highest BCUT2D eigenvalue weighted by Crippen LogP contribution is 3.04. The van der Waals surface area contributed by atoms with E-state index in [0.717, 1.165) is 11.5 Å². The summed E-state index contributed by atoms with van der Waals surface area (Å²) in [6.07, 6.45) is 0. The Morgan fingerprint density at radius 3 is 1.95 bits per heavy atom. The normalized spacial score (nSPS) is 27.0. The Hall–Kier alpha value is 0.0400. The van der Waals surface area contributed by atoms with Crippen molar-refractivity contribution in [3.8, 4) is 11.5 Å². The summed E-state index contributed by atoms with van der Waals surface area (Å²) >= 11 is 15.5. The minimum absolute atomic E-state index is 0.854. The van der Waals surface area contributed by atoms with Crippen LogP contribution in [0.25, 0.3) is 0 Å². The Bertz CT molecular complexity index is 778. The molecule has 1 saturated heterocycles. The molecule has 0 aromatic heterocycles. The van der Waals surface area contributed by atoms with Crippen molar-refractivity contribution in [1.29, 1.82) is 0 Å². The molecule has 116 valence electrons. The number of ether oxygens (including phenoxy) is 2. The van der Waals surface area contributed by atoms with Gasteiger partial charge >= 0.3 is 0 Å². The summed E-state index contributed by atoms with van der Waals surface area (Å²) in [5.41, 5.74) is 0. The molecule has 0 aliphatic carbocycles. The molecule has 0 amide bonds. The maximum absolute atomic E-state index is 5.92. The lowest BCUT2D eigenvalue weighted by Crippen LogP contribution is -2.09. The second-order valence-electron chi connectivity index (χ2n) is 4.56. The number of hydrogen-bond acceptors (Lipinski definition) is 6. The van der Waals surface area contributed by atoms with E-state index in [4.69, 9.17) is 33.1 Å². The first-order valence-corrected chi connectivity index (χ1v) is 16.1. The van der Waals surface area contributed by atoms with Gasteiger partial charge in [0.05, 0.1) is 23.1 Å². The maximum atomic E-state index is 5.92. The van der Waals surface area contributed by atoms with Crippen LogP contribution in [0.2, 0.25) is 0 Å². The Morgan fingerprint density at radius 1 is 0.773 bits per heavy atom. The van der Waals surface area contributed by atoms with Gasteiger partial charge in [-0.25, -0.2) is 0 Å². The molecule has 8 heteroatoms. The van der Waals surface area contributed by atoms with Crippen LogP contribution < -0.4 is 20.1 Å². The second kappa shape index (κ2) is 6.51. The molecule has 2 aromatic carbocycles. The van der Waals surface area contributed by atoms with Crippen molar-refractivity contribution in [3.63, 3.8) is 0 Å². The van der Waals surface area contributed by atoms with Gasteiger partial charge in [0, 0.05) is 10.6 Å². The van der Waals surface area contributed by atoms with Gasteiger partial charge in [0.1, 0.15) is 11.5 Å². The number of methoxy groups -OCH3 is 2. The fourth-order valence-electron chi connectivity index (χ4n) is 2.02. The molecular formula is C14H14O2P2S4. The molecule has 0 atom stereocenters. The van der Waals surface area contributed by atoms with Gasteiger partial charge in [-0.15, -0.1) is 0 Å².